The lowest BCUT2D eigenvalue weighted by molar-refractivity contribution is -0.165. The van der Waals surface area contributed by atoms with Gasteiger partial charge in [0.2, 0.25) is 11.8 Å². The quantitative estimate of drug-likeness (QED) is 0.437. The first-order chi connectivity index (χ1) is 15.5. The fraction of sp³-hybridized carbons (Fsp3) is 0.455. The van der Waals surface area contributed by atoms with Gasteiger partial charge in [-0.3, -0.25) is 33.8 Å². The first kappa shape index (κ1) is 24.1. The van der Waals surface area contributed by atoms with Gasteiger partial charge >= 0.3 is 5.97 Å². The van der Waals surface area contributed by atoms with Gasteiger partial charge in [0.05, 0.1) is 17.2 Å². The molecule has 176 valence electrons. The van der Waals surface area contributed by atoms with Crippen molar-refractivity contribution < 1.29 is 33.5 Å². The van der Waals surface area contributed by atoms with Crippen LogP contribution >= 0.6 is 0 Å². The third kappa shape index (κ3) is 4.63. The van der Waals surface area contributed by atoms with Crippen molar-refractivity contribution in [1.82, 2.24) is 20.0 Å². The molecule has 0 saturated carbocycles. The summed E-state index contributed by atoms with van der Waals surface area (Å²) in [5.74, 6) is -3.82. The van der Waals surface area contributed by atoms with Crippen LogP contribution in [-0.4, -0.2) is 89.2 Å². The van der Waals surface area contributed by atoms with Crippen molar-refractivity contribution in [2.75, 3.05) is 20.8 Å². The van der Waals surface area contributed by atoms with Gasteiger partial charge in [0.1, 0.15) is 12.1 Å². The number of benzene rings is 1. The molecule has 1 aromatic rings. The summed E-state index contributed by atoms with van der Waals surface area (Å²) in [4.78, 5) is 78.4. The fourth-order valence-electron chi connectivity index (χ4n) is 3.57. The van der Waals surface area contributed by atoms with Crippen molar-refractivity contribution in [3.05, 3.63) is 35.4 Å². The molecule has 0 aromatic heterocycles. The summed E-state index contributed by atoms with van der Waals surface area (Å²) in [5, 5.41) is 2.51. The molecule has 1 unspecified atom stereocenters. The Kier molecular flexibility index (Phi) is 6.92. The van der Waals surface area contributed by atoms with Gasteiger partial charge in [-0.15, -0.1) is 0 Å². The zero-order valence-electron chi connectivity index (χ0n) is 18.9. The highest BCUT2D eigenvalue weighted by Gasteiger charge is 2.47. The predicted molar refractivity (Wildman–Crippen MR) is 114 cm³/mol. The van der Waals surface area contributed by atoms with Gasteiger partial charge in [-0.1, -0.05) is 12.1 Å². The molecular weight excluding hydrogens is 432 g/mol. The van der Waals surface area contributed by atoms with Crippen molar-refractivity contribution >= 4 is 35.5 Å². The number of rotatable bonds is 7. The molecule has 0 aliphatic carbocycles. The monoisotopic (exact) mass is 458 g/mol. The highest BCUT2D eigenvalue weighted by atomic mass is 16.5. The molecular formula is C22H26N4O7. The van der Waals surface area contributed by atoms with Gasteiger partial charge in [0.25, 0.3) is 17.7 Å². The van der Waals surface area contributed by atoms with Crippen LogP contribution in [0.15, 0.2) is 24.3 Å². The average molecular weight is 458 g/mol. The number of hydrogen-bond donors (Lipinski definition) is 1. The summed E-state index contributed by atoms with van der Waals surface area (Å²) in [5.41, 5.74) is 0.392. The Bertz CT molecular complexity index is 987. The van der Waals surface area contributed by atoms with E-state index in [9.17, 15) is 28.8 Å². The number of nitrogens with one attached hydrogen (secondary N) is 1. The van der Waals surface area contributed by atoms with Crippen LogP contribution in [0.5, 0.6) is 0 Å². The molecule has 0 bridgehead atoms. The average Bonchev–Trinajstić information content (AvgIpc) is 3.03. The predicted octanol–water partition coefficient (Wildman–Crippen LogP) is -0.244. The Morgan fingerprint density at radius 1 is 1.09 bits per heavy atom. The molecule has 3 rings (SSSR count). The molecule has 1 N–H and O–H groups in total. The van der Waals surface area contributed by atoms with E-state index in [0.29, 0.717) is 4.90 Å². The lowest BCUT2D eigenvalue weighted by atomic mass is 10.0. The van der Waals surface area contributed by atoms with Gasteiger partial charge < -0.3 is 10.1 Å². The molecule has 5 amide bonds. The van der Waals surface area contributed by atoms with Crippen LogP contribution in [0.3, 0.4) is 0 Å². The SMILES string of the molecule is CC(C(=O)N[C@@H](C)C(=O)OCN1C(=O)CC[C@H](N2C(=O)c3ccccc3C2=O)C1=O)N(C)C. The third-order valence-electron chi connectivity index (χ3n) is 5.82. The second-order valence-corrected chi connectivity index (χ2v) is 8.20. The van der Waals surface area contributed by atoms with E-state index in [0.717, 1.165) is 4.90 Å². The molecule has 3 atom stereocenters. The van der Waals surface area contributed by atoms with E-state index in [4.69, 9.17) is 4.74 Å². The second kappa shape index (κ2) is 9.49. The van der Waals surface area contributed by atoms with E-state index in [2.05, 4.69) is 5.32 Å². The first-order valence-electron chi connectivity index (χ1n) is 10.5. The van der Waals surface area contributed by atoms with Crippen molar-refractivity contribution in [3.8, 4) is 0 Å². The lowest BCUT2D eigenvalue weighted by Gasteiger charge is -2.34. The zero-order chi connectivity index (χ0) is 24.4. The number of fused-ring (bicyclic) bond motifs is 1. The van der Waals surface area contributed by atoms with E-state index in [1.165, 1.54) is 19.1 Å². The van der Waals surface area contributed by atoms with Crippen LogP contribution in [0.4, 0.5) is 0 Å². The Balaban J connectivity index is 1.65. The zero-order valence-corrected chi connectivity index (χ0v) is 18.9. The van der Waals surface area contributed by atoms with Crippen LogP contribution in [0.25, 0.3) is 0 Å². The third-order valence-corrected chi connectivity index (χ3v) is 5.82. The maximum Gasteiger partial charge on any atom is 0.330 e. The van der Waals surface area contributed by atoms with E-state index in [1.54, 1.807) is 38.1 Å². The normalized spacial score (nSPS) is 20.1. The summed E-state index contributed by atoms with van der Waals surface area (Å²) >= 11 is 0. The maximum atomic E-state index is 13.0. The summed E-state index contributed by atoms with van der Waals surface area (Å²) in [7, 11) is 3.43. The largest absolute Gasteiger partial charge is 0.442 e. The van der Waals surface area contributed by atoms with E-state index >= 15 is 0 Å². The first-order valence-corrected chi connectivity index (χ1v) is 10.5. The minimum atomic E-state index is -1.17. The number of likely N-dealkylation sites (tertiary alicyclic amines) is 1. The van der Waals surface area contributed by atoms with Crippen molar-refractivity contribution in [3.63, 3.8) is 0 Å². The van der Waals surface area contributed by atoms with Crippen molar-refractivity contribution in [2.45, 2.75) is 44.8 Å². The smallest absolute Gasteiger partial charge is 0.330 e. The lowest BCUT2D eigenvalue weighted by Crippen LogP contribution is -2.57. The van der Waals surface area contributed by atoms with Gasteiger partial charge in [-0.05, 0) is 46.5 Å². The Morgan fingerprint density at radius 3 is 2.21 bits per heavy atom. The molecule has 1 saturated heterocycles. The molecule has 33 heavy (non-hydrogen) atoms. The van der Waals surface area contributed by atoms with Crippen LogP contribution in [0.2, 0.25) is 0 Å². The number of likely N-dealkylation sites (N-methyl/N-ethyl adjacent to an activating group) is 1. The Morgan fingerprint density at radius 2 is 1.67 bits per heavy atom. The number of amides is 5. The van der Waals surface area contributed by atoms with Crippen LogP contribution in [0.1, 0.15) is 47.4 Å². The van der Waals surface area contributed by atoms with E-state index in [-0.39, 0.29) is 29.9 Å². The highest BCUT2D eigenvalue weighted by molar-refractivity contribution is 6.23. The number of carbonyl (C=O) groups excluding carboxylic acids is 6. The molecule has 2 heterocycles. The Labute approximate surface area is 190 Å². The topological polar surface area (TPSA) is 133 Å². The fourth-order valence-corrected chi connectivity index (χ4v) is 3.57. The van der Waals surface area contributed by atoms with Gasteiger partial charge in [-0.25, -0.2) is 9.69 Å². The minimum Gasteiger partial charge on any atom is -0.442 e. The van der Waals surface area contributed by atoms with Gasteiger partial charge in [0.15, 0.2) is 6.73 Å². The molecule has 11 heteroatoms. The standard InChI is InChI=1S/C22H26N4O7/c1-12(23-18(28)13(2)24(3)4)22(32)33-11-25-17(27)10-9-16(21(25)31)26-19(29)14-7-5-6-8-15(14)20(26)30/h5-8,12-13,16H,9-11H2,1-4H3,(H,23,28)/t12-,13?,16-/m0/s1. The van der Waals surface area contributed by atoms with Crippen molar-refractivity contribution in [1.29, 1.82) is 0 Å². The number of imide groups is 2. The Hall–Kier alpha value is -3.60. The van der Waals surface area contributed by atoms with E-state index < -0.39 is 54.5 Å². The summed E-state index contributed by atoms with van der Waals surface area (Å²) < 4.78 is 5.08. The molecule has 1 aromatic carbocycles. The molecule has 0 radical (unpaired) electrons. The van der Waals surface area contributed by atoms with Gasteiger partial charge in [0, 0.05) is 6.42 Å². The maximum absolute atomic E-state index is 13.0. The number of hydrogen-bond acceptors (Lipinski definition) is 8. The van der Waals surface area contributed by atoms with E-state index in [1.807, 2.05) is 0 Å². The van der Waals surface area contributed by atoms with Crippen LogP contribution in [-0.2, 0) is 23.9 Å². The second-order valence-electron chi connectivity index (χ2n) is 8.20. The highest BCUT2D eigenvalue weighted by Crippen LogP contribution is 2.29. The molecule has 0 spiro atoms. The number of nitrogens with zero attached hydrogens (tertiary/aromatic N) is 3. The number of carbonyl (C=O) groups is 6. The molecule has 2 aliphatic rings. The van der Waals surface area contributed by atoms with Gasteiger partial charge in [-0.2, -0.15) is 0 Å². The van der Waals surface area contributed by atoms with Crippen molar-refractivity contribution in [2.24, 2.45) is 0 Å². The summed E-state index contributed by atoms with van der Waals surface area (Å²) in [6.07, 6.45) is -0.115. The molecule has 1 fully saturated rings. The van der Waals surface area contributed by atoms with Crippen LogP contribution < -0.4 is 5.32 Å². The number of piperidine rings is 1. The number of ether oxygens (including phenoxy) is 1. The summed E-state index contributed by atoms with van der Waals surface area (Å²) in [6.45, 7) is 2.40. The van der Waals surface area contributed by atoms with Crippen LogP contribution in [0, 0.1) is 0 Å². The molecule has 11 nitrogen and oxygen atoms in total. The number of esters is 1. The summed E-state index contributed by atoms with van der Waals surface area (Å²) in [6, 6.07) is 3.57. The molecule has 2 aliphatic heterocycles. The minimum absolute atomic E-state index is 0.0114.